The molecule has 11 heavy (non-hydrogen) atoms. The van der Waals surface area contributed by atoms with Crippen LogP contribution in [0.2, 0.25) is 0 Å². The number of pyridine rings is 1. The lowest BCUT2D eigenvalue weighted by atomic mass is 10.2. The Bertz CT molecular complexity index is 237. The monoisotopic (exact) mass is 171 g/mol. The molecule has 0 radical (unpaired) electrons. The second-order valence-electron chi connectivity index (χ2n) is 2.13. The average Bonchev–Trinajstić information content (AvgIpc) is 2.03. The Hall–Kier alpha value is -0.740. The van der Waals surface area contributed by atoms with Crippen molar-refractivity contribution >= 4 is 11.1 Å². The van der Waals surface area contributed by atoms with E-state index in [2.05, 4.69) is 4.98 Å². The number of rotatable bonds is 3. The molecule has 0 bridgehead atoms. The van der Waals surface area contributed by atoms with Crippen LogP contribution in [0, 0.1) is 0 Å². The van der Waals surface area contributed by atoms with Crippen molar-refractivity contribution in [3.63, 3.8) is 0 Å². The summed E-state index contributed by atoms with van der Waals surface area (Å²) in [5, 5.41) is 0. The topological polar surface area (TPSA) is 50.2 Å². The summed E-state index contributed by atoms with van der Waals surface area (Å²) in [5.74, 6) is 0.296. The highest BCUT2D eigenvalue weighted by Crippen LogP contribution is 1.97. The maximum absolute atomic E-state index is 10.3. The highest BCUT2D eigenvalue weighted by molar-refractivity contribution is 7.79. The Morgan fingerprint density at radius 1 is 1.45 bits per heavy atom. The van der Waals surface area contributed by atoms with Crippen molar-refractivity contribution in [3.8, 4) is 0 Å². The molecule has 0 aliphatic carbocycles. The third-order valence-electron chi connectivity index (χ3n) is 1.31. The van der Waals surface area contributed by atoms with Crippen molar-refractivity contribution in [2.24, 2.45) is 0 Å². The van der Waals surface area contributed by atoms with Crippen LogP contribution in [0.25, 0.3) is 0 Å². The van der Waals surface area contributed by atoms with Gasteiger partial charge in [0.05, 0.1) is 5.75 Å². The lowest BCUT2D eigenvalue weighted by molar-refractivity contribution is 0.563. The van der Waals surface area contributed by atoms with Gasteiger partial charge in [-0.3, -0.25) is 4.98 Å². The van der Waals surface area contributed by atoms with Crippen molar-refractivity contribution in [1.82, 2.24) is 4.98 Å². The predicted octanol–water partition coefficient (Wildman–Crippen LogP) is 0.846. The predicted molar refractivity (Wildman–Crippen MR) is 43.6 cm³/mol. The van der Waals surface area contributed by atoms with Crippen LogP contribution in [0.3, 0.4) is 0 Å². The molecule has 1 heterocycles. The number of nitrogens with zero attached hydrogens (tertiary/aromatic N) is 1. The quantitative estimate of drug-likeness (QED) is 0.686. The van der Waals surface area contributed by atoms with E-state index in [9.17, 15) is 4.21 Å². The molecule has 0 spiro atoms. The third-order valence-corrected chi connectivity index (χ3v) is 1.87. The van der Waals surface area contributed by atoms with Gasteiger partial charge in [0.2, 0.25) is 0 Å². The van der Waals surface area contributed by atoms with Crippen LogP contribution in [0.1, 0.15) is 5.56 Å². The lowest BCUT2D eigenvalue weighted by Crippen LogP contribution is -1.98. The molecule has 0 saturated heterocycles. The van der Waals surface area contributed by atoms with Gasteiger partial charge < -0.3 is 4.55 Å². The first kappa shape index (κ1) is 8.36. The molecule has 60 valence electrons. The summed E-state index contributed by atoms with van der Waals surface area (Å²) < 4.78 is 18.7. The van der Waals surface area contributed by atoms with E-state index in [1.54, 1.807) is 12.4 Å². The van der Waals surface area contributed by atoms with Crippen molar-refractivity contribution in [2.45, 2.75) is 6.42 Å². The van der Waals surface area contributed by atoms with Gasteiger partial charge in [-0.05, 0) is 24.1 Å². The van der Waals surface area contributed by atoms with Gasteiger partial charge in [0, 0.05) is 12.4 Å². The second-order valence-corrected chi connectivity index (χ2v) is 3.18. The highest BCUT2D eigenvalue weighted by atomic mass is 32.2. The molecule has 4 heteroatoms. The summed E-state index contributed by atoms with van der Waals surface area (Å²) in [6.45, 7) is 0. The third kappa shape index (κ3) is 3.25. The number of hydrogen-bond donors (Lipinski definition) is 1. The number of aromatic nitrogens is 1. The molecule has 0 aliphatic rings. The van der Waals surface area contributed by atoms with Gasteiger partial charge >= 0.3 is 0 Å². The minimum Gasteiger partial charge on any atom is -0.306 e. The summed E-state index contributed by atoms with van der Waals surface area (Å²) >= 11 is -1.69. The van der Waals surface area contributed by atoms with Crippen molar-refractivity contribution in [3.05, 3.63) is 30.1 Å². The van der Waals surface area contributed by atoms with Gasteiger partial charge in [0.25, 0.3) is 0 Å². The van der Waals surface area contributed by atoms with Crippen LogP contribution in [0.4, 0.5) is 0 Å². The minimum absolute atomic E-state index is 0.296. The van der Waals surface area contributed by atoms with Crippen LogP contribution >= 0.6 is 0 Å². The maximum atomic E-state index is 10.3. The van der Waals surface area contributed by atoms with Crippen LogP contribution in [0.5, 0.6) is 0 Å². The van der Waals surface area contributed by atoms with E-state index >= 15 is 0 Å². The first-order valence-corrected chi connectivity index (χ1v) is 4.53. The largest absolute Gasteiger partial charge is 0.306 e. The fourth-order valence-corrected chi connectivity index (χ4v) is 1.16. The van der Waals surface area contributed by atoms with Crippen LogP contribution in [0.15, 0.2) is 24.5 Å². The summed E-state index contributed by atoms with van der Waals surface area (Å²) in [5.41, 5.74) is 1.04. The fraction of sp³-hybridized carbons (Fsp3) is 0.286. The standard InChI is InChI=1S/C7H9NO2S/c9-11(10)6-3-7-1-4-8-5-2-7/h1-2,4-5H,3,6H2,(H,9,10). The van der Waals surface area contributed by atoms with Gasteiger partial charge in [-0.1, -0.05) is 0 Å². The normalized spacial score (nSPS) is 12.8. The van der Waals surface area contributed by atoms with Crippen molar-refractivity contribution in [2.75, 3.05) is 5.75 Å². The average molecular weight is 171 g/mol. The van der Waals surface area contributed by atoms with Crippen molar-refractivity contribution < 1.29 is 8.76 Å². The molecule has 0 aliphatic heterocycles. The van der Waals surface area contributed by atoms with Crippen LogP contribution in [-0.2, 0) is 17.5 Å². The van der Waals surface area contributed by atoms with Gasteiger partial charge in [0.1, 0.15) is 0 Å². The van der Waals surface area contributed by atoms with Gasteiger partial charge in [-0.2, -0.15) is 0 Å². The highest BCUT2D eigenvalue weighted by Gasteiger charge is 1.94. The maximum Gasteiger partial charge on any atom is 0.153 e. The fourth-order valence-electron chi connectivity index (χ4n) is 0.755. The zero-order chi connectivity index (χ0) is 8.10. The molecule has 1 unspecified atom stereocenters. The molecule has 3 nitrogen and oxygen atoms in total. The molecule has 1 N–H and O–H groups in total. The number of hydrogen-bond acceptors (Lipinski definition) is 2. The molecular formula is C7H9NO2S. The van der Waals surface area contributed by atoms with Gasteiger partial charge in [-0.15, -0.1) is 0 Å². The first-order chi connectivity index (χ1) is 5.29. The molecular weight excluding hydrogens is 162 g/mol. The van der Waals surface area contributed by atoms with E-state index in [0.29, 0.717) is 12.2 Å². The summed E-state index contributed by atoms with van der Waals surface area (Å²) in [4.78, 5) is 3.83. The summed E-state index contributed by atoms with van der Waals surface area (Å²) in [6, 6.07) is 3.68. The summed E-state index contributed by atoms with van der Waals surface area (Å²) in [6.07, 6.45) is 3.98. The zero-order valence-electron chi connectivity index (χ0n) is 5.93. The molecule has 0 saturated carbocycles. The van der Waals surface area contributed by atoms with Crippen LogP contribution < -0.4 is 0 Å². The smallest absolute Gasteiger partial charge is 0.153 e. The van der Waals surface area contributed by atoms with E-state index in [1.807, 2.05) is 12.1 Å². The first-order valence-electron chi connectivity index (χ1n) is 3.25. The Morgan fingerprint density at radius 2 is 2.09 bits per heavy atom. The Morgan fingerprint density at radius 3 is 2.64 bits per heavy atom. The van der Waals surface area contributed by atoms with Crippen LogP contribution in [-0.4, -0.2) is 19.5 Å². The van der Waals surface area contributed by atoms with E-state index in [4.69, 9.17) is 4.55 Å². The Kier molecular flexibility index (Phi) is 3.19. The van der Waals surface area contributed by atoms with Gasteiger partial charge in [-0.25, -0.2) is 4.21 Å². The molecule has 1 aromatic rings. The molecule has 0 amide bonds. The molecule has 1 aromatic heterocycles. The van der Waals surface area contributed by atoms with E-state index in [0.717, 1.165) is 5.56 Å². The second kappa shape index (κ2) is 4.20. The zero-order valence-corrected chi connectivity index (χ0v) is 6.75. The van der Waals surface area contributed by atoms with E-state index < -0.39 is 11.1 Å². The Balaban J connectivity index is 2.45. The Labute approximate surface area is 67.8 Å². The summed E-state index contributed by atoms with van der Waals surface area (Å²) in [7, 11) is 0. The van der Waals surface area contributed by atoms with Gasteiger partial charge in [0.15, 0.2) is 11.1 Å². The van der Waals surface area contributed by atoms with E-state index in [-0.39, 0.29) is 0 Å². The molecule has 1 atom stereocenters. The molecule has 0 aromatic carbocycles. The molecule has 1 rings (SSSR count). The number of aryl methyl sites for hydroxylation is 1. The van der Waals surface area contributed by atoms with E-state index in [1.165, 1.54) is 0 Å². The molecule has 0 fully saturated rings. The lowest BCUT2D eigenvalue weighted by Gasteiger charge is -1.95. The minimum atomic E-state index is -1.69. The van der Waals surface area contributed by atoms with Crippen molar-refractivity contribution in [1.29, 1.82) is 0 Å². The SMILES string of the molecule is O=S(O)CCc1ccncc1.